The summed E-state index contributed by atoms with van der Waals surface area (Å²) in [6.07, 6.45) is 0.871. The van der Waals surface area contributed by atoms with Crippen LogP contribution >= 0.6 is 0 Å². The smallest absolute Gasteiger partial charge is 0.317 e. The monoisotopic (exact) mass is 292 g/mol. The van der Waals surface area contributed by atoms with Crippen LogP contribution in [0.1, 0.15) is 38.3 Å². The van der Waals surface area contributed by atoms with Crippen LogP contribution in [0.5, 0.6) is 0 Å². The standard InChI is InChI=1S/C16H24N2O3/c1-4-9-18(12(2)3)16(21)17-11-14-8-6-5-7-13(14)10-15(19)20/h5-8,12H,4,9-11H2,1-3H3,(H,17,21)(H,19,20). The fraction of sp³-hybridized carbons (Fsp3) is 0.500. The molecule has 0 bridgehead atoms. The van der Waals surface area contributed by atoms with Crippen LogP contribution < -0.4 is 5.32 Å². The van der Waals surface area contributed by atoms with E-state index in [1.165, 1.54) is 0 Å². The first-order valence-electron chi connectivity index (χ1n) is 7.28. The normalized spacial score (nSPS) is 10.5. The van der Waals surface area contributed by atoms with Gasteiger partial charge in [0.25, 0.3) is 0 Å². The molecule has 0 fully saturated rings. The molecule has 0 unspecified atom stereocenters. The first-order chi connectivity index (χ1) is 9.95. The summed E-state index contributed by atoms with van der Waals surface area (Å²) < 4.78 is 0. The molecule has 0 saturated heterocycles. The lowest BCUT2D eigenvalue weighted by Gasteiger charge is -2.26. The van der Waals surface area contributed by atoms with E-state index < -0.39 is 5.97 Å². The van der Waals surface area contributed by atoms with E-state index in [9.17, 15) is 9.59 Å². The van der Waals surface area contributed by atoms with Crippen molar-refractivity contribution in [3.63, 3.8) is 0 Å². The highest BCUT2D eigenvalue weighted by Gasteiger charge is 2.16. The maximum absolute atomic E-state index is 12.2. The number of nitrogens with zero attached hydrogens (tertiary/aromatic N) is 1. The largest absolute Gasteiger partial charge is 0.481 e. The van der Waals surface area contributed by atoms with E-state index in [2.05, 4.69) is 5.32 Å². The van der Waals surface area contributed by atoms with E-state index >= 15 is 0 Å². The van der Waals surface area contributed by atoms with Gasteiger partial charge in [0, 0.05) is 19.1 Å². The van der Waals surface area contributed by atoms with Crippen molar-refractivity contribution in [3.8, 4) is 0 Å². The zero-order chi connectivity index (χ0) is 15.8. The maximum Gasteiger partial charge on any atom is 0.317 e. The van der Waals surface area contributed by atoms with Crippen molar-refractivity contribution in [2.75, 3.05) is 6.54 Å². The second-order valence-corrected chi connectivity index (χ2v) is 5.29. The Kier molecular flexibility index (Phi) is 6.72. The van der Waals surface area contributed by atoms with Crippen LogP contribution in [0.2, 0.25) is 0 Å². The number of carbonyl (C=O) groups excluding carboxylic acids is 1. The summed E-state index contributed by atoms with van der Waals surface area (Å²) in [4.78, 5) is 24.8. The topological polar surface area (TPSA) is 69.6 Å². The summed E-state index contributed by atoms with van der Waals surface area (Å²) in [5.74, 6) is -0.872. The Bertz CT molecular complexity index is 486. The Morgan fingerprint density at radius 2 is 1.86 bits per heavy atom. The van der Waals surface area contributed by atoms with E-state index in [-0.39, 0.29) is 18.5 Å². The molecule has 1 aromatic carbocycles. The van der Waals surface area contributed by atoms with E-state index in [0.29, 0.717) is 13.1 Å². The van der Waals surface area contributed by atoms with Crippen LogP contribution in [0.3, 0.4) is 0 Å². The van der Waals surface area contributed by atoms with Crippen molar-refractivity contribution in [2.45, 2.75) is 46.2 Å². The third-order valence-corrected chi connectivity index (χ3v) is 3.24. The summed E-state index contributed by atoms with van der Waals surface area (Å²) in [6, 6.07) is 7.30. The average Bonchev–Trinajstić information content (AvgIpc) is 2.42. The van der Waals surface area contributed by atoms with Gasteiger partial charge in [0.2, 0.25) is 0 Å². The molecule has 0 spiro atoms. The number of rotatable bonds is 7. The zero-order valence-electron chi connectivity index (χ0n) is 12.9. The molecule has 21 heavy (non-hydrogen) atoms. The van der Waals surface area contributed by atoms with Gasteiger partial charge in [-0.2, -0.15) is 0 Å². The van der Waals surface area contributed by atoms with Crippen molar-refractivity contribution < 1.29 is 14.7 Å². The minimum Gasteiger partial charge on any atom is -0.481 e. The Morgan fingerprint density at radius 1 is 1.24 bits per heavy atom. The molecular formula is C16H24N2O3. The molecule has 0 aliphatic carbocycles. The molecule has 0 aliphatic rings. The van der Waals surface area contributed by atoms with Crippen molar-refractivity contribution in [2.24, 2.45) is 0 Å². The molecular weight excluding hydrogens is 268 g/mol. The van der Waals surface area contributed by atoms with Crippen molar-refractivity contribution in [1.29, 1.82) is 0 Å². The van der Waals surface area contributed by atoms with Gasteiger partial charge in [-0.1, -0.05) is 31.2 Å². The van der Waals surface area contributed by atoms with Gasteiger partial charge in [0.1, 0.15) is 0 Å². The molecule has 1 rings (SSSR count). The number of hydrogen-bond acceptors (Lipinski definition) is 2. The van der Waals surface area contributed by atoms with Gasteiger partial charge < -0.3 is 15.3 Å². The quantitative estimate of drug-likeness (QED) is 0.811. The number of carboxylic acid groups (broad SMARTS) is 1. The third kappa shape index (κ3) is 5.45. The van der Waals surface area contributed by atoms with Crippen LogP contribution in [0.25, 0.3) is 0 Å². The number of hydrogen-bond donors (Lipinski definition) is 2. The highest BCUT2D eigenvalue weighted by atomic mass is 16.4. The fourth-order valence-corrected chi connectivity index (χ4v) is 2.17. The van der Waals surface area contributed by atoms with Gasteiger partial charge in [-0.05, 0) is 31.4 Å². The molecule has 116 valence electrons. The molecule has 0 saturated carbocycles. The molecule has 0 atom stereocenters. The van der Waals surface area contributed by atoms with Gasteiger partial charge in [0.05, 0.1) is 6.42 Å². The molecule has 0 aromatic heterocycles. The van der Waals surface area contributed by atoms with Crippen LogP contribution in [-0.2, 0) is 17.8 Å². The Balaban J connectivity index is 2.70. The first-order valence-corrected chi connectivity index (χ1v) is 7.28. The first kappa shape index (κ1) is 17.0. The van der Waals surface area contributed by atoms with Crippen molar-refractivity contribution in [3.05, 3.63) is 35.4 Å². The predicted octanol–water partition coefficient (Wildman–Crippen LogP) is 2.64. The summed E-state index contributed by atoms with van der Waals surface area (Å²) in [5, 5.41) is 11.8. The number of aliphatic carboxylic acids is 1. The van der Waals surface area contributed by atoms with Crippen molar-refractivity contribution in [1.82, 2.24) is 10.2 Å². The summed E-state index contributed by atoms with van der Waals surface area (Å²) in [6.45, 7) is 7.04. The van der Waals surface area contributed by atoms with Gasteiger partial charge in [-0.3, -0.25) is 4.79 Å². The molecule has 0 radical (unpaired) electrons. The number of urea groups is 1. The Morgan fingerprint density at radius 3 is 2.38 bits per heavy atom. The second kappa shape index (κ2) is 8.29. The number of amides is 2. The summed E-state index contributed by atoms with van der Waals surface area (Å²) >= 11 is 0. The lowest BCUT2D eigenvalue weighted by atomic mass is 10.0. The van der Waals surface area contributed by atoms with Gasteiger partial charge in [-0.15, -0.1) is 0 Å². The van der Waals surface area contributed by atoms with Gasteiger partial charge in [0.15, 0.2) is 0 Å². The van der Waals surface area contributed by atoms with Gasteiger partial charge >= 0.3 is 12.0 Å². The summed E-state index contributed by atoms with van der Waals surface area (Å²) in [5.41, 5.74) is 1.57. The lowest BCUT2D eigenvalue weighted by Crippen LogP contribution is -2.44. The lowest BCUT2D eigenvalue weighted by molar-refractivity contribution is -0.136. The minimum atomic E-state index is -0.872. The molecule has 0 aliphatic heterocycles. The fourth-order valence-electron chi connectivity index (χ4n) is 2.17. The van der Waals surface area contributed by atoms with Crippen LogP contribution in [0.15, 0.2) is 24.3 Å². The number of carbonyl (C=O) groups is 2. The number of carboxylic acids is 1. The minimum absolute atomic E-state index is 0.0328. The molecule has 5 heteroatoms. The van der Waals surface area contributed by atoms with Crippen LogP contribution in [-0.4, -0.2) is 34.6 Å². The molecule has 1 aromatic rings. The molecule has 0 heterocycles. The van der Waals surface area contributed by atoms with Crippen molar-refractivity contribution >= 4 is 12.0 Å². The number of benzene rings is 1. The Labute approximate surface area is 126 Å². The predicted molar refractivity (Wildman–Crippen MR) is 82.2 cm³/mol. The van der Waals surface area contributed by atoms with Crippen LogP contribution in [0, 0.1) is 0 Å². The van der Waals surface area contributed by atoms with Gasteiger partial charge in [-0.25, -0.2) is 4.79 Å². The second-order valence-electron chi connectivity index (χ2n) is 5.29. The summed E-state index contributed by atoms with van der Waals surface area (Å²) in [7, 11) is 0. The van der Waals surface area contributed by atoms with E-state index in [1.807, 2.05) is 32.9 Å². The SMILES string of the molecule is CCCN(C(=O)NCc1ccccc1CC(=O)O)C(C)C. The van der Waals surface area contributed by atoms with Crippen LogP contribution in [0.4, 0.5) is 4.79 Å². The highest BCUT2D eigenvalue weighted by Crippen LogP contribution is 2.10. The molecule has 5 nitrogen and oxygen atoms in total. The average molecular weight is 292 g/mol. The highest BCUT2D eigenvalue weighted by molar-refractivity contribution is 5.75. The molecule has 2 amide bonds. The number of nitrogens with one attached hydrogen (secondary N) is 1. The maximum atomic E-state index is 12.2. The van der Waals surface area contributed by atoms with E-state index in [1.54, 1.807) is 17.0 Å². The molecule has 2 N–H and O–H groups in total. The zero-order valence-corrected chi connectivity index (χ0v) is 12.9. The van der Waals surface area contributed by atoms with E-state index in [0.717, 1.165) is 17.5 Å². The Hall–Kier alpha value is -2.04. The third-order valence-electron chi connectivity index (χ3n) is 3.24. The van der Waals surface area contributed by atoms with E-state index in [4.69, 9.17) is 5.11 Å².